The fourth-order valence-electron chi connectivity index (χ4n) is 2.62. The molecule has 0 atom stereocenters. The van der Waals surface area contributed by atoms with Crippen molar-refractivity contribution >= 4 is 17.5 Å². The molecule has 2 aromatic rings. The number of hydrogen-bond acceptors (Lipinski definition) is 5. The van der Waals surface area contributed by atoms with Crippen molar-refractivity contribution in [2.24, 2.45) is 0 Å². The number of fused-ring (bicyclic) bond motifs is 1. The van der Waals surface area contributed by atoms with Crippen LogP contribution in [-0.2, 0) is 4.79 Å². The molecule has 0 spiro atoms. The summed E-state index contributed by atoms with van der Waals surface area (Å²) in [5.74, 6) is 1.52. The highest BCUT2D eigenvalue weighted by atomic mass is 16.6. The smallest absolute Gasteiger partial charge is 0.225 e. The average Bonchev–Trinajstić information content (AvgIpc) is 3.07. The van der Waals surface area contributed by atoms with Crippen molar-refractivity contribution in [3.63, 3.8) is 0 Å². The third kappa shape index (κ3) is 3.99. The van der Waals surface area contributed by atoms with E-state index in [-0.39, 0.29) is 30.6 Å². The van der Waals surface area contributed by atoms with Gasteiger partial charge in [-0.05, 0) is 32.0 Å². The number of nitrogens with one attached hydrogen (secondary N) is 1. The summed E-state index contributed by atoms with van der Waals surface area (Å²) in [6, 6.07) is 6.97. The highest BCUT2D eigenvalue weighted by Crippen LogP contribution is 2.31. The Morgan fingerprint density at radius 3 is 2.68 bits per heavy atom. The second kappa shape index (κ2) is 7.38. The molecule has 0 bridgehead atoms. The third-order valence-corrected chi connectivity index (χ3v) is 3.87. The van der Waals surface area contributed by atoms with Gasteiger partial charge in [0.2, 0.25) is 5.91 Å². The molecule has 7 nitrogen and oxygen atoms in total. The summed E-state index contributed by atoms with van der Waals surface area (Å²) in [7, 11) is 0. The van der Waals surface area contributed by atoms with Gasteiger partial charge in [0.05, 0.1) is 6.20 Å². The molecule has 1 aromatic heterocycles. The topological polar surface area (TPSA) is 82.5 Å². The van der Waals surface area contributed by atoms with Crippen LogP contribution in [0.5, 0.6) is 11.5 Å². The molecule has 1 aliphatic heterocycles. The molecule has 0 fully saturated rings. The van der Waals surface area contributed by atoms with E-state index in [9.17, 15) is 9.59 Å². The number of ether oxygens (including phenoxy) is 2. The lowest BCUT2D eigenvalue weighted by Gasteiger charge is -2.18. The number of amides is 1. The quantitative estimate of drug-likeness (QED) is 0.816. The summed E-state index contributed by atoms with van der Waals surface area (Å²) in [5, 5.41) is 6.95. The van der Waals surface area contributed by atoms with Crippen LogP contribution in [0.25, 0.3) is 0 Å². The van der Waals surface area contributed by atoms with E-state index in [1.807, 2.05) is 13.8 Å². The summed E-state index contributed by atoms with van der Waals surface area (Å²) >= 11 is 0. The average molecular weight is 343 g/mol. The highest BCUT2D eigenvalue weighted by molar-refractivity contribution is 6.00. The molecule has 1 aromatic carbocycles. The van der Waals surface area contributed by atoms with Gasteiger partial charge in [-0.1, -0.05) is 0 Å². The molecule has 0 saturated heterocycles. The number of nitrogens with zero attached hydrogens (tertiary/aromatic N) is 2. The first-order chi connectivity index (χ1) is 12.0. The minimum atomic E-state index is -0.215. The molecule has 0 unspecified atom stereocenters. The first kappa shape index (κ1) is 17.0. The second-order valence-electron chi connectivity index (χ2n) is 6.08. The molecular weight excluding hydrogens is 322 g/mol. The number of aromatic nitrogens is 2. The lowest BCUT2D eigenvalue weighted by molar-refractivity contribution is -0.116. The van der Waals surface area contributed by atoms with Gasteiger partial charge in [-0.15, -0.1) is 0 Å². The van der Waals surface area contributed by atoms with Crippen LogP contribution in [0.3, 0.4) is 0 Å². The van der Waals surface area contributed by atoms with Gasteiger partial charge >= 0.3 is 0 Å². The fourth-order valence-corrected chi connectivity index (χ4v) is 2.62. The zero-order valence-electron chi connectivity index (χ0n) is 14.3. The summed E-state index contributed by atoms with van der Waals surface area (Å²) in [6.45, 7) is 4.94. The van der Waals surface area contributed by atoms with Crippen LogP contribution >= 0.6 is 0 Å². The molecule has 0 aliphatic carbocycles. The molecule has 25 heavy (non-hydrogen) atoms. The number of ketones is 1. The van der Waals surface area contributed by atoms with E-state index in [1.165, 1.54) is 0 Å². The van der Waals surface area contributed by atoms with Gasteiger partial charge in [0, 0.05) is 30.5 Å². The van der Waals surface area contributed by atoms with E-state index in [2.05, 4.69) is 10.4 Å². The number of carbonyl (C=O) groups is 2. The van der Waals surface area contributed by atoms with Crippen molar-refractivity contribution in [2.75, 3.05) is 18.5 Å². The van der Waals surface area contributed by atoms with E-state index in [1.54, 1.807) is 35.1 Å². The van der Waals surface area contributed by atoms with E-state index in [0.717, 1.165) is 0 Å². The zero-order chi connectivity index (χ0) is 17.8. The largest absolute Gasteiger partial charge is 0.486 e. The summed E-state index contributed by atoms with van der Waals surface area (Å²) in [5.41, 5.74) is 0.518. The first-order valence-electron chi connectivity index (χ1n) is 8.31. The molecule has 1 amide bonds. The number of Topliss-reactive ketones (excluding diaryl/α,β-unsaturated/α-hetero) is 1. The van der Waals surface area contributed by atoms with E-state index >= 15 is 0 Å². The Labute approximate surface area is 145 Å². The minimum Gasteiger partial charge on any atom is -0.486 e. The van der Waals surface area contributed by atoms with Gasteiger partial charge in [-0.2, -0.15) is 5.10 Å². The zero-order valence-corrected chi connectivity index (χ0v) is 14.3. The lowest BCUT2D eigenvalue weighted by Crippen LogP contribution is -2.18. The van der Waals surface area contributed by atoms with Crippen LogP contribution in [0.1, 0.15) is 43.1 Å². The van der Waals surface area contributed by atoms with Crippen molar-refractivity contribution < 1.29 is 19.1 Å². The summed E-state index contributed by atoms with van der Waals surface area (Å²) < 4.78 is 12.6. The van der Waals surface area contributed by atoms with Crippen molar-refractivity contribution in [2.45, 2.75) is 32.7 Å². The van der Waals surface area contributed by atoms with Gasteiger partial charge in [-0.25, -0.2) is 4.68 Å². The van der Waals surface area contributed by atoms with Crippen LogP contribution in [-0.4, -0.2) is 34.7 Å². The number of hydrogen-bond donors (Lipinski definition) is 1. The minimum absolute atomic E-state index is 0.107. The molecule has 7 heteroatoms. The molecule has 0 radical (unpaired) electrons. The standard InChI is InChI=1S/C18H21N3O4/c1-12(2)21-17(7-8-19-21)20-18(23)6-4-14(22)13-3-5-15-16(11-13)25-10-9-24-15/h3,5,7-8,11-12H,4,6,9-10H2,1-2H3,(H,20,23). The Hall–Kier alpha value is -2.83. The van der Waals surface area contributed by atoms with Crippen molar-refractivity contribution in [3.05, 3.63) is 36.0 Å². The Kier molecular flexibility index (Phi) is 5.02. The maximum absolute atomic E-state index is 12.3. The predicted molar refractivity (Wildman–Crippen MR) is 92.2 cm³/mol. The summed E-state index contributed by atoms with van der Waals surface area (Å²) in [4.78, 5) is 24.4. The maximum atomic E-state index is 12.3. The Bertz CT molecular complexity index is 782. The molecule has 132 valence electrons. The van der Waals surface area contributed by atoms with Gasteiger partial charge in [-0.3, -0.25) is 9.59 Å². The van der Waals surface area contributed by atoms with Crippen LogP contribution in [0.2, 0.25) is 0 Å². The fraction of sp³-hybridized carbons (Fsp3) is 0.389. The van der Waals surface area contributed by atoms with Gasteiger partial charge in [0.1, 0.15) is 19.0 Å². The molecule has 0 saturated carbocycles. The normalized spacial score (nSPS) is 12.9. The molecule has 1 aliphatic rings. The van der Waals surface area contributed by atoms with Crippen LogP contribution in [0.15, 0.2) is 30.5 Å². The highest BCUT2D eigenvalue weighted by Gasteiger charge is 2.16. The van der Waals surface area contributed by atoms with Crippen molar-refractivity contribution in [1.29, 1.82) is 0 Å². The van der Waals surface area contributed by atoms with Crippen molar-refractivity contribution in [1.82, 2.24) is 9.78 Å². The Morgan fingerprint density at radius 1 is 1.16 bits per heavy atom. The SMILES string of the molecule is CC(C)n1nccc1NC(=O)CCC(=O)c1ccc2c(c1)OCCO2. The maximum Gasteiger partial charge on any atom is 0.225 e. The van der Waals surface area contributed by atoms with Crippen LogP contribution in [0.4, 0.5) is 5.82 Å². The van der Waals surface area contributed by atoms with Crippen LogP contribution in [0, 0.1) is 0 Å². The van der Waals surface area contributed by atoms with E-state index in [0.29, 0.717) is 36.1 Å². The van der Waals surface area contributed by atoms with Gasteiger partial charge in [0.15, 0.2) is 17.3 Å². The number of anilines is 1. The molecule has 2 heterocycles. The van der Waals surface area contributed by atoms with Crippen LogP contribution < -0.4 is 14.8 Å². The Balaban J connectivity index is 1.57. The summed E-state index contributed by atoms with van der Waals surface area (Å²) in [6.07, 6.45) is 1.87. The number of benzene rings is 1. The van der Waals surface area contributed by atoms with E-state index < -0.39 is 0 Å². The van der Waals surface area contributed by atoms with E-state index in [4.69, 9.17) is 9.47 Å². The second-order valence-corrected chi connectivity index (χ2v) is 6.08. The third-order valence-electron chi connectivity index (χ3n) is 3.87. The number of rotatable bonds is 6. The van der Waals surface area contributed by atoms with Gasteiger partial charge in [0.25, 0.3) is 0 Å². The molecule has 1 N–H and O–H groups in total. The molecule has 3 rings (SSSR count). The van der Waals surface area contributed by atoms with Crippen molar-refractivity contribution in [3.8, 4) is 11.5 Å². The Morgan fingerprint density at radius 2 is 1.92 bits per heavy atom. The lowest BCUT2D eigenvalue weighted by atomic mass is 10.1. The first-order valence-corrected chi connectivity index (χ1v) is 8.31. The monoisotopic (exact) mass is 343 g/mol. The number of carbonyl (C=O) groups excluding carboxylic acids is 2. The van der Waals surface area contributed by atoms with Gasteiger partial charge < -0.3 is 14.8 Å². The molecular formula is C18H21N3O4. The predicted octanol–water partition coefficient (Wildman–Crippen LogP) is 2.84.